The van der Waals surface area contributed by atoms with E-state index in [1.165, 1.54) is 0 Å². The fourth-order valence-corrected chi connectivity index (χ4v) is 3.41. The summed E-state index contributed by atoms with van der Waals surface area (Å²) in [7, 11) is 0. The molecule has 2 atom stereocenters. The van der Waals surface area contributed by atoms with Gasteiger partial charge in [-0.15, -0.1) is 0 Å². The van der Waals surface area contributed by atoms with Crippen molar-refractivity contribution in [2.75, 3.05) is 18.1 Å². The Kier molecular flexibility index (Phi) is 3.78. The lowest BCUT2D eigenvalue weighted by Gasteiger charge is -2.37. The third-order valence-corrected chi connectivity index (χ3v) is 4.40. The molecule has 1 amide bonds. The van der Waals surface area contributed by atoms with Crippen LogP contribution in [0.3, 0.4) is 0 Å². The van der Waals surface area contributed by atoms with Crippen molar-refractivity contribution in [3.05, 3.63) is 11.9 Å². The number of hydrogen-bond acceptors (Lipinski definition) is 3. The van der Waals surface area contributed by atoms with E-state index in [9.17, 15) is 4.79 Å². The number of nitrogens with one attached hydrogen (secondary N) is 1. The molecule has 20 heavy (non-hydrogen) atoms. The zero-order chi connectivity index (χ0) is 14.1. The number of amides is 1. The highest BCUT2D eigenvalue weighted by molar-refractivity contribution is 5.96. The second-order valence-electron chi connectivity index (χ2n) is 6.16. The van der Waals surface area contributed by atoms with Crippen LogP contribution in [0.2, 0.25) is 0 Å². The van der Waals surface area contributed by atoms with Gasteiger partial charge in [0, 0.05) is 13.2 Å². The number of aromatic amines is 1. The Morgan fingerprint density at radius 2 is 2.35 bits per heavy atom. The Hall–Kier alpha value is -1.36. The second kappa shape index (κ2) is 5.56. The third-order valence-electron chi connectivity index (χ3n) is 4.40. The minimum Gasteiger partial charge on any atom is -0.377 e. The molecule has 1 aromatic rings. The van der Waals surface area contributed by atoms with E-state index in [1.54, 1.807) is 6.20 Å². The van der Waals surface area contributed by atoms with Gasteiger partial charge in [0.2, 0.25) is 5.91 Å². The van der Waals surface area contributed by atoms with Gasteiger partial charge in [-0.2, -0.15) is 5.10 Å². The van der Waals surface area contributed by atoms with Gasteiger partial charge in [0.15, 0.2) is 0 Å². The van der Waals surface area contributed by atoms with E-state index < -0.39 is 0 Å². The van der Waals surface area contributed by atoms with Crippen molar-refractivity contribution in [1.29, 1.82) is 0 Å². The van der Waals surface area contributed by atoms with Crippen molar-refractivity contribution in [3.63, 3.8) is 0 Å². The van der Waals surface area contributed by atoms with Crippen molar-refractivity contribution in [3.8, 4) is 0 Å². The average Bonchev–Trinajstić information content (AvgIpc) is 2.94. The molecule has 0 aliphatic carbocycles. The first-order valence-corrected chi connectivity index (χ1v) is 7.63. The zero-order valence-electron chi connectivity index (χ0n) is 12.3. The average molecular weight is 277 g/mol. The van der Waals surface area contributed by atoms with Crippen molar-refractivity contribution in [2.24, 2.45) is 11.8 Å². The second-order valence-corrected chi connectivity index (χ2v) is 6.16. The summed E-state index contributed by atoms with van der Waals surface area (Å²) in [6.07, 6.45) is 5.72. The topological polar surface area (TPSA) is 58.2 Å². The monoisotopic (exact) mass is 277 g/mol. The van der Waals surface area contributed by atoms with Crippen LogP contribution in [-0.2, 0) is 16.0 Å². The van der Waals surface area contributed by atoms with E-state index in [-0.39, 0.29) is 17.9 Å². The highest BCUT2D eigenvalue weighted by Gasteiger charge is 2.38. The molecule has 3 rings (SSSR count). The predicted molar refractivity (Wildman–Crippen MR) is 76.6 cm³/mol. The number of H-pyrrole nitrogens is 1. The van der Waals surface area contributed by atoms with Gasteiger partial charge in [-0.25, -0.2) is 0 Å². The lowest BCUT2D eigenvalue weighted by atomic mass is 9.86. The smallest absolute Gasteiger partial charge is 0.232 e. The van der Waals surface area contributed by atoms with E-state index in [0.29, 0.717) is 5.92 Å². The fraction of sp³-hybridized carbons (Fsp3) is 0.733. The number of aryl methyl sites for hydroxylation is 1. The molecule has 0 aromatic carbocycles. The van der Waals surface area contributed by atoms with Crippen LogP contribution in [0.25, 0.3) is 0 Å². The highest BCUT2D eigenvalue weighted by Crippen LogP contribution is 2.32. The van der Waals surface area contributed by atoms with Gasteiger partial charge in [-0.3, -0.25) is 9.89 Å². The van der Waals surface area contributed by atoms with Crippen molar-refractivity contribution in [1.82, 2.24) is 10.2 Å². The van der Waals surface area contributed by atoms with Crippen LogP contribution < -0.4 is 4.90 Å². The number of aromatic nitrogens is 2. The Bertz CT molecular complexity index is 483. The molecule has 5 heteroatoms. The summed E-state index contributed by atoms with van der Waals surface area (Å²) >= 11 is 0. The molecular weight excluding hydrogens is 254 g/mol. The predicted octanol–water partition coefficient (Wildman–Crippen LogP) is 2.14. The maximum atomic E-state index is 12.9. The van der Waals surface area contributed by atoms with E-state index in [0.717, 1.165) is 50.2 Å². The molecule has 2 aliphatic heterocycles. The van der Waals surface area contributed by atoms with E-state index in [4.69, 9.17) is 4.74 Å². The lowest BCUT2D eigenvalue weighted by molar-refractivity contribution is -0.134. The third kappa shape index (κ3) is 2.35. The molecule has 110 valence electrons. The fourth-order valence-electron chi connectivity index (χ4n) is 3.41. The van der Waals surface area contributed by atoms with Gasteiger partial charge in [-0.05, 0) is 31.6 Å². The molecule has 0 bridgehead atoms. The normalized spacial score (nSPS) is 26.6. The summed E-state index contributed by atoms with van der Waals surface area (Å²) in [6.45, 7) is 5.85. The van der Waals surface area contributed by atoms with Crippen molar-refractivity contribution < 1.29 is 9.53 Å². The summed E-state index contributed by atoms with van der Waals surface area (Å²) < 4.78 is 5.86. The standard InChI is InChI=1S/C15H23N3O2/c1-10(2)14-11(5-4-8-20-14)15(19)18-7-3-6-12-13(18)9-16-17-12/h9-11,14H,3-8H2,1-2H3,(H,16,17)/t11-,14+/m0/s1. The Balaban J connectivity index is 1.82. The molecule has 0 unspecified atom stereocenters. The number of nitrogens with zero attached hydrogens (tertiary/aromatic N) is 2. The Morgan fingerprint density at radius 3 is 3.15 bits per heavy atom. The number of carbonyl (C=O) groups is 1. The Morgan fingerprint density at radius 1 is 1.50 bits per heavy atom. The first kappa shape index (κ1) is 13.6. The summed E-state index contributed by atoms with van der Waals surface area (Å²) in [6, 6.07) is 0. The minimum absolute atomic E-state index is 0.00963. The minimum atomic E-state index is -0.00963. The van der Waals surface area contributed by atoms with Crippen LogP contribution in [0.15, 0.2) is 6.20 Å². The number of carbonyl (C=O) groups excluding carboxylic acids is 1. The molecule has 3 heterocycles. The van der Waals surface area contributed by atoms with Crippen LogP contribution >= 0.6 is 0 Å². The molecule has 1 saturated heterocycles. The van der Waals surface area contributed by atoms with Crippen molar-refractivity contribution >= 4 is 11.6 Å². The SMILES string of the molecule is CC(C)[C@H]1OCCC[C@@H]1C(=O)N1CCCc2[nH]ncc21. The molecular formula is C15H23N3O2. The van der Waals surface area contributed by atoms with Gasteiger partial charge < -0.3 is 9.64 Å². The highest BCUT2D eigenvalue weighted by atomic mass is 16.5. The summed E-state index contributed by atoms with van der Waals surface area (Å²) in [5, 5.41) is 7.09. The molecule has 1 N–H and O–H groups in total. The van der Waals surface area contributed by atoms with E-state index >= 15 is 0 Å². The quantitative estimate of drug-likeness (QED) is 0.901. The molecule has 0 radical (unpaired) electrons. The van der Waals surface area contributed by atoms with Crippen LogP contribution in [0.1, 0.15) is 38.8 Å². The van der Waals surface area contributed by atoms with Gasteiger partial charge in [0.25, 0.3) is 0 Å². The molecule has 0 saturated carbocycles. The van der Waals surface area contributed by atoms with E-state index in [1.807, 2.05) is 4.90 Å². The van der Waals surface area contributed by atoms with Gasteiger partial charge >= 0.3 is 0 Å². The number of fused-ring (bicyclic) bond motifs is 1. The zero-order valence-corrected chi connectivity index (χ0v) is 12.3. The molecule has 2 aliphatic rings. The number of rotatable bonds is 2. The summed E-state index contributed by atoms with van der Waals surface area (Å²) in [4.78, 5) is 14.8. The largest absolute Gasteiger partial charge is 0.377 e. The van der Waals surface area contributed by atoms with Crippen molar-refractivity contribution in [2.45, 2.75) is 45.6 Å². The van der Waals surface area contributed by atoms with Gasteiger partial charge in [0.05, 0.1) is 29.6 Å². The summed E-state index contributed by atoms with van der Waals surface area (Å²) in [5.41, 5.74) is 2.05. The van der Waals surface area contributed by atoms with Gasteiger partial charge in [0.1, 0.15) is 0 Å². The maximum absolute atomic E-state index is 12.9. The molecule has 0 spiro atoms. The van der Waals surface area contributed by atoms with Gasteiger partial charge in [-0.1, -0.05) is 13.8 Å². The molecule has 5 nitrogen and oxygen atoms in total. The lowest BCUT2D eigenvalue weighted by Crippen LogP contribution is -2.47. The molecule has 1 aromatic heterocycles. The first-order chi connectivity index (χ1) is 9.68. The molecule has 1 fully saturated rings. The van der Waals surface area contributed by atoms with E-state index in [2.05, 4.69) is 24.0 Å². The van der Waals surface area contributed by atoms with Crippen LogP contribution in [-0.4, -0.2) is 35.4 Å². The number of hydrogen-bond donors (Lipinski definition) is 1. The first-order valence-electron chi connectivity index (χ1n) is 7.63. The number of ether oxygens (including phenoxy) is 1. The maximum Gasteiger partial charge on any atom is 0.232 e. The van der Waals surface area contributed by atoms with Crippen LogP contribution in [0, 0.1) is 11.8 Å². The van der Waals surface area contributed by atoms with Crippen LogP contribution in [0.4, 0.5) is 5.69 Å². The summed E-state index contributed by atoms with van der Waals surface area (Å²) in [5.74, 6) is 0.577. The number of anilines is 1. The Labute approximate surface area is 119 Å². The van der Waals surface area contributed by atoms with Crippen LogP contribution in [0.5, 0.6) is 0 Å².